The molecule has 5 nitrogen and oxygen atoms in total. The maximum Gasteiger partial charge on any atom is 0.257 e. The number of hydrogen-bond acceptors (Lipinski definition) is 4. The van der Waals surface area contributed by atoms with Crippen molar-refractivity contribution in [3.63, 3.8) is 0 Å². The number of rotatable bonds is 4. The van der Waals surface area contributed by atoms with E-state index in [1.165, 1.54) is 5.56 Å². The van der Waals surface area contributed by atoms with Crippen LogP contribution in [0, 0.1) is 12.8 Å². The molecule has 1 atom stereocenters. The average molecular weight is 348 g/mol. The van der Waals surface area contributed by atoms with Crippen molar-refractivity contribution in [2.24, 2.45) is 5.92 Å². The molecule has 26 heavy (non-hydrogen) atoms. The summed E-state index contributed by atoms with van der Waals surface area (Å²) in [7, 11) is 0. The Labute approximate surface area is 152 Å². The monoisotopic (exact) mass is 348 g/mol. The number of nitrogens with one attached hydrogen (secondary N) is 1. The SMILES string of the molecule is Cc1onc(-c2ccccc2)c1C(=O)NCC1COc2ccccc2C1. The quantitative estimate of drug-likeness (QED) is 0.782. The van der Waals surface area contributed by atoms with Gasteiger partial charge in [-0.1, -0.05) is 53.7 Å². The number of para-hydroxylation sites is 1. The van der Waals surface area contributed by atoms with Gasteiger partial charge in [-0.15, -0.1) is 0 Å². The third-order valence-corrected chi connectivity index (χ3v) is 4.64. The topological polar surface area (TPSA) is 64.4 Å². The van der Waals surface area contributed by atoms with Crippen LogP contribution in [0.3, 0.4) is 0 Å². The van der Waals surface area contributed by atoms with E-state index >= 15 is 0 Å². The minimum Gasteiger partial charge on any atom is -0.493 e. The van der Waals surface area contributed by atoms with Gasteiger partial charge < -0.3 is 14.6 Å². The smallest absolute Gasteiger partial charge is 0.257 e. The fourth-order valence-corrected chi connectivity index (χ4v) is 3.28. The number of benzene rings is 2. The summed E-state index contributed by atoms with van der Waals surface area (Å²) in [6, 6.07) is 17.6. The molecule has 0 saturated heterocycles. The largest absolute Gasteiger partial charge is 0.493 e. The maximum atomic E-state index is 12.8. The van der Waals surface area contributed by atoms with Crippen LogP contribution in [-0.2, 0) is 6.42 Å². The van der Waals surface area contributed by atoms with Gasteiger partial charge in [-0.2, -0.15) is 0 Å². The summed E-state index contributed by atoms with van der Waals surface area (Å²) >= 11 is 0. The van der Waals surface area contributed by atoms with Gasteiger partial charge in [0.25, 0.3) is 5.91 Å². The molecule has 1 amide bonds. The van der Waals surface area contributed by atoms with E-state index in [2.05, 4.69) is 16.5 Å². The molecule has 1 aliphatic rings. The van der Waals surface area contributed by atoms with Crippen LogP contribution < -0.4 is 10.1 Å². The van der Waals surface area contributed by atoms with Crippen LogP contribution in [0.2, 0.25) is 0 Å². The first kappa shape index (κ1) is 16.4. The van der Waals surface area contributed by atoms with E-state index < -0.39 is 0 Å². The van der Waals surface area contributed by atoms with Crippen molar-refractivity contribution >= 4 is 5.91 Å². The molecule has 3 aromatic rings. The Morgan fingerprint density at radius 1 is 1.15 bits per heavy atom. The summed E-state index contributed by atoms with van der Waals surface area (Å²) in [5.41, 5.74) is 3.12. The lowest BCUT2D eigenvalue weighted by molar-refractivity contribution is 0.0938. The number of carbonyl (C=O) groups is 1. The van der Waals surface area contributed by atoms with Crippen LogP contribution in [0.4, 0.5) is 0 Å². The zero-order chi connectivity index (χ0) is 17.9. The van der Waals surface area contributed by atoms with Crippen molar-refractivity contribution in [2.45, 2.75) is 13.3 Å². The second-order valence-corrected chi connectivity index (χ2v) is 6.53. The number of carbonyl (C=O) groups excluding carboxylic acids is 1. The van der Waals surface area contributed by atoms with Gasteiger partial charge in [-0.05, 0) is 25.0 Å². The molecule has 132 valence electrons. The summed E-state index contributed by atoms with van der Waals surface area (Å²) in [5, 5.41) is 7.09. The molecule has 2 heterocycles. The number of ether oxygens (including phenoxy) is 1. The maximum absolute atomic E-state index is 12.8. The van der Waals surface area contributed by atoms with Gasteiger partial charge in [-0.3, -0.25) is 4.79 Å². The molecule has 0 radical (unpaired) electrons. The number of fused-ring (bicyclic) bond motifs is 1. The summed E-state index contributed by atoms with van der Waals surface area (Å²) < 4.78 is 11.1. The molecule has 1 unspecified atom stereocenters. The summed E-state index contributed by atoms with van der Waals surface area (Å²) in [6.07, 6.45) is 0.893. The Morgan fingerprint density at radius 3 is 2.77 bits per heavy atom. The highest BCUT2D eigenvalue weighted by molar-refractivity contribution is 6.00. The molecule has 0 bridgehead atoms. The van der Waals surface area contributed by atoms with E-state index in [1.807, 2.05) is 48.5 Å². The molecule has 0 fully saturated rings. The predicted molar refractivity (Wildman–Crippen MR) is 98.1 cm³/mol. The Morgan fingerprint density at radius 2 is 1.92 bits per heavy atom. The van der Waals surface area contributed by atoms with Gasteiger partial charge >= 0.3 is 0 Å². The third-order valence-electron chi connectivity index (χ3n) is 4.64. The molecular formula is C21H20N2O3. The molecule has 2 aromatic carbocycles. The lowest BCUT2D eigenvalue weighted by atomic mass is 9.96. The van der Waals surface area contributed by atoms with E-state index in [0.29, 0.717) is 30.2 Å². The standard InChI is InChI=1S/C21H20N2O3/c1-14-19(20(23-26-14)16-7-3-2-4-8-16)21(24)22-12-15-11-17-9-5-6-10-18(17)25-13-15/h2-10,15H,11-13H2,1H3,(H,22,24). The molecule has 1 aromatic heterocycles. The Bertz CT molecular complexity index is 918. The highest BCUT2D eigenvalue weighted by atomic mass is 16.5. The Hall–Kier alpha value is -3.08. The fourth-order valence-electron chi connectivity index (χ4n) is 3.28. The van der Waals surface area contributed by atoms with Crippen molar-refractivity contribution in [2.75, 3.05) is 13.2 Å². The molecule has 4 rings (SSSR count). The van der Waals surface area contributed by atoms with Crippen molar-refractivity contribution in [3.05, 3.63) is 71.5 Å². The Balaban J connectivity index is 1.46. The van der Waals surface area contributed by atoms with Gasteiger partial charge in [-0.25, -0.2) is 0 Å². The van der Waals surface area contributed by atoms with E-state index in [9.17, 15) is 4.79 Å². The first-order valence-corrected chi connectivity index (χ1v) is 8.73. The second kappa shape index (κ2) is 7.04. The number of aryl methyl sites for hydroxylation is 1. The van der Waals surface area contributed by atoms with Crippen molar-refractivity contribution in [1.82, 2.24) is 10.5 Å². The molecular weight excluding hydrogens is 328 g/mol. The van der Waals surface area contributed by atoms with Crippen molar-refractivity contribution < 1.29 is 14.1 Å². The van der Waals surface area contributed by atoms with Crippen molar-refractivity contribution in [3.8, 4) is 17.0 Å². The zero-order valence-electron chi connectivity index (χ0n) is 14.6. The normalized spacial score (nSPS) is 15.8. The van der Waals surface area contributed by atoms with E-state index in [1.54, 1.807) is 6.92 Å². The van der Waals surface area contributed by atoms with Gasteiger partial charge in [0.15, 0.2) is 0 Å². The van der Waals surface area contributed by atoms with Crippen molar-refractivity contribution in [1.29, 1.82) is 0 Å². The summed E-state index contributed by atoms with van der Waals surface area (Å²) in [6.45, 7) is 2.91. The number of aromatic nitrogens is 1. The minimum atomic E-state index is -0.165. The average Bonchev–Trinajstić information content (AvgIpc) is 3.08. The Kier molecular flexibility index (Phi) is 4.44. The van der Waals surface area contributed by atoms with Crippen LogP contribution in [0.1, 0.15) is 21.7 Å². The van der Waals surface area contributed by atoms with Gasteiger partial charge in [0, 0.05) is 18.0 Å². The molecule has 5 heteroatoms. The first-order valence-electron chi connectivity index (χ1n) is 8.73. The van der Waals surface area contributed by atoms with Crippen LogP contribution in [0.5, 0.6) is 5.75 Å². The van der Waals surface area contributed by atoms with Crippen LogP contribution >= 0.6 is 0 Å². The highest BCUT2D eigenvalue weighted by Crippen LogP contribution is 2.27. The van der Waals surface area contributed by atoms with E-state index in [-0.39, 0.29) is 11.8 Å². The number of nitrogens with zero attached hydrogens (tertiary/aromatic N) is 1. The summed E-state index contributed by atoms with van der Waals surface area (Å²) in [4.78, 5) is 12.8. The minimum absolute atomic E-state index is 0.165. The van der Waals surface area contributed by atoms with Crippen LogP contribution in [-0.4, -0.2) is 24.2 Å². The van der Waals surface area contributed by atoms with Gasteiger partial charge in [0.05, 0.1) is 6.61 Å². The van der Waals surface area contributed by atoms with Crippen LogP contribution in [0.25, 0.3) is 11.3 Å². The van der Waals surface area contributed by atoms with Gasteiger partial charge in [0.1, 0.15) is 22.8 Å². The number of amides is 1. The van der Waals surface area contributed by atoms with Crippen LogP contribution in [0.15, 0.2) is 59.1 Å². The molecule has 0 spiro atoms. The summed E-state index contributed by atoms with van der Waals surface area (Å²) in [5.74, 6) is 1.54. The lowest BCUT2D eigenvalue weighted by Crippen LogP contribution is -2.35. The first-order chi connectivity index (χ1) is 12.7. The molecule has 0 saturated carbocycles. The van der Waals surface area contributed by atoms with E-state index in [0.717, 1.165) is 17.7 Å². The zero-order valence-corrected chi connectivity index (χ0v) is 14.6. The number of hydrogen-bond donors (Lipinski definition) is 1. The predicted octanol–water partition coefficient (Wildman–Crippen LogP) is 3.63. The third kappa shape index (κ3) is 3.20. The molecule has 1 aliphatic heterocycles. The lowest BCUT2D eigenvalue weighted by Gasteiger charge is -2.25. The second-order valence-electron chi connectivity index (χ2n) is 6.53. The van der Waals surface area contributed by atoms with E-state index in [4.69, 9.17) is 9.26 Å². The molecule has 0 aliphatic carbocycles. The van der Waals surface area contributed by atoms with Gasteiger partial charge in [0.2, 0.25) is 0 Å². The fraction of sp³-hybridized carbons (Fsp3) is 0.238. The highest BCUT2D eigenvalue weighted by Gasteiger charge is 2.24. The molecule has 1 N–H and O–H groups in total.